The maximum atomic E-state index is 10.6. The average molecular weight is 203 g/mol. The molecular weight excluding hydrogens is 194 g/mol. The van der Waals surface area contributed by atoms with Gasteiger partial charge in [-0.3, -0.25) is 9.59 Å². The van der Waals surface area contributed by atoms with Crippen molar-refractivity contribution in [3.05, 3.63) is 34.4 Å². The van der Waals surface area contributed by atoms with Gasteiger partial charge in [0.25, 0.3) is 0 Å². The SMILES string of the molecule is Cc1cc(C#N)c(C=O)cc1CC(=O)O. The smallest absolute Gasteiger partial charge is 0.307 e. The van der Waals surface area contributed by atoms with Crippen molar-refractivity contribution >= 4 is 12.3 Å². The number of rotatable bonds is 3. The Kier molecular flexibility index (Phi) is 3.19. The van der Waals surface area contributed by atoms with Gasteiger partial charge < -0.3 is 5.11 Å². The predicted molar refractivity (Wildman–Crippen MR) is 52.6 cm³/mol. The Morgan fingerprint density at radius 1 is 1.60 bits per heavy atom. The second kappa shape index (κ2) is 4.38. The van der Waals surface area contributed by atoms with E-state index in [4.69, 9.17) is 10.4 Å². The van der Waals surface area contributed by atoms with Gasteiger partial charge in [-0.2, -0.15) is 5.26 Å². The van der Waals surface area contributed by atoms with Crippen LogP contribution in [0.4, 0.5) is 0 Å². The van der Waals surface area contributed by atoms with Crippen molar-refractivity contribution in [2.45, 2.75) is 13.3 Å². The molecule has 0 bridgehead atoms. The molecular formula is C11H9NO3. The molecule has 1 rings (SSSR count). The van der Waals surface area contributed by atoms with Gasteiger partial charge >= 0.3 is 5.97 Å². The predicted octanol–water partition coefficient (Wildman–Crippen LogP) is 1.31. The van der Waals surface area contributed by atoms with E-state index in [0.29, 0.717) is 17.4 Å². The molecule has 1 N–H and O–H groups in total. The van der Waals surface area contributed by atoms with Gasteiger partial charge in [0.05, 0.1) is 18.1 Å². The summed E-state index contributed by atoms with van der Waals surface area (Å²) >= 11 is 0. The number of aldehydes is 1. The van der Waals surface area contributed by atoms with E-state index < -0.39 is 5.97 Å². The highest BCUT2D eigenvalue weighted by atomic mass is 16.4. The molecule has 0 aliphatic carbocycles. The van der Waals surface area contributed by atoms with Gasteiger partial charge in [0.1, 0.15) is 0 Å². The summed E-state index contributed by atoms with van der Waals surface area (Å²) in [7, 11) is 0. The maximum absolute atomic E-state index is 10.6. The van der Waals surface area contributed by atoms with Gasteiger partial charge in [-0.05, 0) is 30.2 Å². The van der Waals surface area contributed by atoms with E-state index in [1.807, 2.05) is 6.07 Å². The third kappa shape index (κ3) is 2.41. The molecule has 0 saturated heterocycles. The van der Waals surface area contributed by atoms with E-state index in [-0.39, 0.29) is 17.5 Å². The Morgan fingerprint density at radius 3 is 2.73 bits per heavy atom. The second-order valence-electron chi connectivity index (χ2n) is 3.17. The fourth-order valence-corrected chi connectivity index (χ4v) is 1.32. The molecule has 1 aromatic carbocycles. The highest BCUT2D eigenvalue weighted by Gasteiger charge is 2.09. The van der Waals surface area contributed by atoms with Crippen LogP contribution in [-0.4, -0.2) is 17.4 Å². The van der Waals surface area contributed by atoms with Crippen LogP contribution in [0.5, 0.6) is 0 Å². The molecule has 0 heterocycles. The number of carboxylic acids is 1. The zero-order chi connectivity index (χ0) is 11.4. The first-order valence-corrected chi connectivity index (χ1v) is 4.29. The molecule has 0 saturated carbocycles. The molecule has 0 fully saturated rings. The normalized spacial score (nSPS) is 9.33. The Labute approximate surface area is 86.8 Å². The molecule has 0 unspecified atom stereocenters. The zero-order valence-electron chi connectivity index (χ0n) is 8.15. The Morgan fingerprint density at radius 2 is 2.27 bits per heavy atom. The fraction of sp³-hybridized carbons (Fsp3) is 0.182. The van der Waals surface area contributed by atoms with Crippen molar-refractivity contribution in [2.75, 3.05) is 0 Å². The lowest BCUT2D eigenvalue weighted by atomic mass is 9.98. The Bertz CT molecular complexity index is 458. The number of hydrogen-bond acceptors (Lipinski definition) is 3. The first kappa shape index (κ1) is 10.9. The zero-order valence-corrected chi connectivity index (χ0v) is 8.15. The van der Waals surface area contributed by atoms with Crippen molar-refractivity contribution in [3.63, 3.8) is 0 Å². The number of aryl methyl sites for hydroxylation is 1. The quantitative estimate of drug-likeness (QED) is 0.751. The fourth-order valence-electron chi connectivity index (χ4n) is 1.32. The summed E-state index contributed by atoms with van der Waals surface area (Å²) in [4.78, 5) is 21.2. The minimum absolute atomic E-state index is 0.140. The van der Waals surface area contributed by atoms with Gasteiger partial charge in [-0.15, -0.1) is 0 Å². The molecule has 1 aromatic rings. The maximum Gasteiger partial charge on any atom is 0.307 e. The summed E-state index contributed by atoms with van der Waals surface area (Å²) in [6.45, 7) is 1.72. The molecule has 4 heteroatoms. The number of hydrogen-bond donors (Lipinski definition) is 1. The molecule has 76 valence electrons. The van der Waals surface area contributed by atoms with Crippen LogP contribution in [0.15, 0.2) is 12.1 Å². The van der Waals surface area contributed by atoms with Gasteiger partial charge in [-0.1, -0.05) is 0 Å². The lowest BCUT2D eigenvalue weighted by molar-refractivity contribution is -0.136. The van der Waals surface area contributed by atoms with E-state index in [1.165, 1.54) is 12.1 Å². The summed E-state index contributed by atoms with van der Waals surface area (Å²) < 4.78 is 0. The van der Waals surface area contributed by atoms with Crippen LogP contribution >= 0.6 is 0 Å². The number of carboxylic acid groups (broad SMARTS) is 1. The van der Waals surface area contributed by atoms with Crippen LogP contribution in [0, 0.1) is 18.3 Å². The highest BCUT2D eigenvalue weighted by Crippen LogP contribution is 2.15. The van der Waals surface area contributed by atoms with Crippen LogP contribution in [0.25, 0.3) is 0 Å². The Balaban J connectivity index is 3.26. The number of carbonyl (C=O) groups is 2. The third-order valence-electron chi connectivity index (χ3n) is 2.10. The molecule has 0 spiro atoms. The monoisotopic (exact) mass is 203 g/mol. The van der Waals surface area contributed by atoms with Gasteiger partial charge in [0, 0.05) is 5.56 Å². The second-order valence-corrected chi connectivity index (χ2v) is 3.17. The van der Waals surface area contributed by atoms with Crippen molar-refractivity contribution in [3.8, 4) is 6.07 Å². The summed E-state index contributed by atoms with van der Waals surface area (Å²) in [5, 5.41) is 17.3. The number of aliphatic carboxylic acids is 1. The van der Waals surface area contributed by atoms with Crippen LogP contribution in [-0.2, 0) is 11.2 Å². The molecule has 15 heavy (non-hydrogen) atoms. The van der Waals surface area contributed by atoms with E-state index in [0.717, 1.165) is 0 Å². The van der Waals surface area contributed by atoms with E-state index in [2.05, 4.69) is 0 Å². The lowest BCUT2D eigenvalue weighted by Crippen LogP contribution is -2.04. The van der Waals surface area contributed by atoms with E-state index >= 15 is 0 Å². The van der Waals surface area contributed by atoms with Gasteiger partial charge in [-0.25, -0.2) is 0 Å². The van der Waals surface area contributed by atoms with Gasteiger partial charge in [0.2, 0.25) is 0 Å². The summed E-state index contributed by atoms with van der Waals surface area (Å²) in [6.07, 6.45) is 0.418. The summed E-state index contributed by atoms with van der Waals surface area (Å²) in [5.41, 5.74) is 1.78. The van der Waals surface area contributed by atoms with Crippen molar-refractivity contribution in [2.24, 2.45) is 0 Å². The topological polar surface area (TPSA) is 78.2 Å². The van der Waals surface area contributed by atoms with E-state index in [9.17, 15) is 9.59 Å². The number of benzene rings is 1. The Hall–Kier alpha value is -2.15. The van der Waals surface area contributed by atoms with Crippen LogP contribution in [0.1, 0.15) is 27.0 Å². The first-order valence-electron chi connectivity index (χ1n) is 4.29. The highest BCUT2D eigenvalue weighted by molar-refractivity contribution is 5.81. The summed E-state index contributed by atoms with van der Waals surface area (Å²) in [6, 6.07) is 4.87. The van der Waals surface area contributed by atoms with Gasteiger partial charge in [0.15, 0.2) is 6.29 Å². The third-order valence-corrected chi connectivity index (χ3v) is 2.10. The van der Waals surface area contributed by atoms with Crippen LogP contribution in [0.3, 0.4) is 0 Å². The molecule has 0 atom stereocenters. The minimum Gasteiger partial charge on any atom is -0.481 e. The van der Waals surface area contributed by atoms with Crippen LogP contribution in [0.2, 0.25) is 0 Å². The standard InChI is InChI=1S/C11H9NO3/c1-7-2-9(5-12)10(6-13)3-8(7)4-11(14)15/h2-3,6H,4H2,1H3,(H,14,15). The lowest BCUT2D eigenvalue weighted by Gasteiger charge is -2.05. The molecule has 0 radical (unpaired) electrons. The molecule has 4 nitrogen and oxygen atoms in total. The molecule has 0 aliphatic heterocycles. The first-order chi connectivity index (χ1) is 7.08. The molecule has 0 aromatic heterocycles. The number of nitrogens with zero attached hydrogens (tertiary/aromatic N) is 1. The van der Waals surface area contributed by atoms with Crippen molar-refractivity contribution in [1.29, 1.82) is 5.26 Å². The molecule has 0 amide bonds. The number of carbonyl (C=O) groups excluding carboxylic acids is 1. The minimum atomic E-state index is -0.959. The van der Waals surface area contributed by atoms with Crippen LogP contribution < -0.4 is 0 Å². The largest absolute Gasteiger partial charge is 0.481 e. The van der Waals surface area contributed by atoms with Crippen molar-refractivity contribution < 1.29 is 14.7 Å². The summed E-state index contributed by atoms with van der Waals surface area (Å²) in [5.74, 6) is -0.959. The van der Waals surface area contributed by atoms with Crippen molar-refractivity contribution in [1.82, 2.24) is 0 Å². The molecule has 0 aliphatic rings. The average Bonchev–Trinajstić information content (AvgIpc) is 2.19. The number of nitriles is 1. The van der Waals surface area contributed by atoms with E-state index in [1.54, 1.807) is 6.92 Å².